The fourth-order valence-electron chi connectivity index (χ4n) is 5.65. The Balaban J connectivity index is 1.58. The number of rotatable bonds is 11. The van der Waals surface area contributed by atoms with E-state index in [9.17, 15) is 37.1 Å². The third-order valence-corrected chi connectivity index (χ3v) is 8.08. The number of hydrogen-bond donors (Lipinski definition) is 3. The van der Waals surface area contributed by atoms with Gasteiger partial charge in [0.2, 0.25) is 11.8 Å². The van der Waals surface area contributed by atoms with E-state index in [0.29, 0.717) is 29.8 Å². The number of hydrogen-bond acceptors (Lipinski definition) is 8. The van der Waals surface area contributed by atoms with Crippen molar-refractivity contribution in [2.75, 3.05) is 11.9 Å². The Morgan fingerprint density at radius 3 is 2.46 bits per heavy atom. The number of nitrogens with one attached hydrogen (secondary N) is 3. The third kappa shape index (κ3) is 9.07. The summed E-state index contributed by atoms with van der Waals surface area (Å²) in [5.41, 5.74) is -3.30. The molecule has 3 amide bonds. The molecule has 0 bridgehead atoms. The van der Waals surface area contributed by atoms with Crippen LogP contribution in [-0.4, -0.2) is 52.1 Å². The van der Waals surface area contributed by atoms with Crippen LogP contribution in [0.3, 0.4) is 0 Å². The highest BCUT2D eigenvalue weighted by Crippen LogP contribution is 2.31. The Kier molecular flexibility index (Phi) is 11.4. The minimum atomic E-state index is -4.92. The number of carbonyl (C=O) groups excluding carboxylic acids is 4. The quantitative estimate of drug-likeness (QED) is 0.185. The molecule has 2 aromatic heterocycles. The van der Waals surface area contributed by atoms with Gasteiger partial charge in [-0.2, -0.15) is 13.2 Å². The van der Waals surface area contributed by atoms with Crippen LogP contribution in [-0.2, 0) is 25.3 Å². The van der Waals surface area contributed by atoms with Crippen LogP contribution < -0.4 is 21.5 Å². The third-order valence-electron chi connectivity index (χ3n) is 8.08. The molecule has 12 nitrogen and oxygen atoms in total. The lowest BCUT2D eigenvalue weighted by Gasteiger charge is -2.24. The van der Waals surface area contributed by atoms with E-state index in [1.54, 1.807) is 0 Å². The summed E-state index contributed by atoms with van der Waals surface area (Å²) in [6.07, 6.45) is 4.02. The van der Waals surface area contributed by atoms with Crippen LogP contribution in [0.5, 0.6) is 0 Å². The van der Waals surface area contributed by atoms with Gasteiger partial charge in [0, 0.05) is 36.8 Å². The van der Waals surface area contributed by atoms with Crippen molar-refractivity contribution >= 4 is 29.4 Å². The Morgan fingerprint density at radius 1 is 1.15 bits per heavy atom. The highest BCUT2D eigenvalue weighted by Gasteiger charge is 2.35. The van der Waals surface area contributed by atoms with Crippen molar-refractivity contribution in [3.63, 3.8) is 0 Å². The van der Waals surface area contributed by atoms with Crippen molar-refractivity contribution in [3.8, 4) is 0 Å². The van der Waals surface area contributed by atoms with Gasteiger partial charge in [-0.05, 0) is 57.9 Å². The maximum absolute atomic E-state index is 13.9. The van der Waals surface area contributed by atoms with Gasteiger partial charge in [-0.25, -0.2) is 4.79 Å². The molecular formula is C31H38F3N5O7. The van der Waals surface area contributed by atoms with Gasteiger partial charge in [-0.15, -0.1) is 0 Å². The average Bonchev–Trinajstić information content (AvgIpc) is 3.52. The summed E-state index contributed by atoms with van der Waals surface area (Å²) in [5.74, 6) is -2.84. The van der Waals surface area contributed by atoms with Crippen LogP contribution in [0.25, 0.3) is 0 Å². The molecule has 0 aromatic carbocycles. The molecule has 3 heterocycles. The molecule has 1 aliphatic heterocycles. The Bertz CT molecular complexity index is 1510. The zero-order chi connectivity index (χ0) is 33.4. The Labute approximate surface area is 263 Å². The molecule has 0 unspecified atom stereocenters. The van der Waals surface area contributed by atoms with Crippen molar-refractivity contribution < 1.29 is 41.6 Å². The van der Waals surface area contributed by atoms with E-state index in [4.69, 9.17) is 9.26 Å². The monoisotopic (exact) mass is 649 g/mol. The summed E-state index contributed by atoms with van der Waals surface area (Å²) in [6.45, 7) is 3.46. The standard InChI is InChI=1S/C31H38F3N5O7/c1-3-25(39-17-20(31(32,33)34)16-24(30(39)44)37-28(42)23-14-18(2)46-38-23)29(43)36-21(15-19-12-13-35-27(19)41)10-11-26(40)45-22-8-6-4-5-7-9-22/h10-11,14,16-17,19,21-22,25H,3-9,12-13,15H2,1-2H3,(H,35,41)(H,36,43)(H,37,42)/b11-10+/t19-,21+,25-/m0/s1. The number of amides is 3. The van der Waals surface area contributed by atoms with Crippen LogP contribution in [0.15, 0.2) is 39.8 Å². The molecule has 1 aliphatic carbocycles. The summed E-state index contributed by atoms with van der Waals surface area (Å²) >= 11 is 0. The molecule has 3 atom stereocenters. The zero-order valence-corrected chi connectivity index (χ0v) is 25.7. The topological polar surface area (TPSA) is 162 Å². The van der Waals surface area contributed by atoms with E-state index in [-0.39, 0.29) is 36.3 Å². The van der Waals surface area contributed by atoms with Gasteiger partial charge in [-0.1, -0.05) is 31.0 Å². The van der Waals surface area contributed by atoms with Gasteiger partial charge in [0.05, 0.1) is 5.56 Å². The van der Waals surface area contributed by atoms with Crippen LogP contribution in [0, 0.1) is 12.8 Å². The predicted molar refractivity (Wildman–Crippen MR) is 159 cm³/mol. The van der Waals surface area contributed by atoms with E-state index in [1.165, 1.54) is 32.1 Å². The minimum absolute atomic E-state index is 0.104. The normalized spacial score (nSPS) is 18.9. The number of nitrogens with zero attached hydrogens (tertiary/aromatic N) is 2. The van der Waals surface area contributed by atoms with Gasteiger partial charge in [0.15, 0.2) is 5.69 Å². The number of carbonyl (C=O) groups is 4. The number of esters is 1. The molecule has 2 aromatic rings. The lowest BCUT2D eigenvalue weighted by Crippen LogP contribution is -2.43. The van der Waals surface area contributed by atoms with E-state index in [1.807, 2.05) is 0 Å². The Hall–Kier alpha value is -4.43. The molecule has 0 radical (unpaired) electrons. The first-order chi connectivity index (χ1) is 21.8. The number of aromatic nitrogens is 2. The second kappa shape index (κ2) is 15.2. The number of halogens is 3. The van der Waals surface area contributed by atoms with Crippen LogP contribution in [0.1, 0.15) is 92.6 Å². The van der Waals surface area contributed by atoms with E-state index in [0.717, 1.165) is 38.5 Å². The predicted octanol–water partition coefficient (Wildman–Crippen LogP) is 4.20. The SMILES string of the molecule is CC[C@@H](C(=O)N[C@H](/C=C/C(=O)OC1CCCCCC1)C[C@@H]1CCNC1=O)n1cc(C(F)(F)F)cc(NC(=O)c2cc(C)on2)c1=O. The lowest BCUT2D eigenvalue weighted by atomic mass is 9.97. The summed E-state index contributed by atoms with van der Waals surface area (Å²) < 4.78 is 52.7. The largest absolute Gasteiger partial charge is 0.459 e. The number of pyridine rings is 1. The lowest BCUT2D eigenvalue weighted by molar-refractivity contribution is -0.143. The molecule has 46 heavy (non-hydrogen) atoms. The highest BCUT2D eigenvalue weighted by molar-refractivity contribution is 6.02. The van der Waals surface area contributed by atoms with Gasteiger partial charge < -0.3 is 29.8 Å². The van der Waals surface area contributed by atoms with Crippen molar-refractivity contribution in [2.45, 2.75) is 96.0 Å². The number of alkyl halides is 3. The molecule has 4 rings (SSSR count). The fourth-order valence-corrected chi connectivity index (χ4v) is 5.65. The first-order valence-electron chi connectivity index (χ1n) is 15.4. The highest BCUT2D eigenvalue weighted by atomic mass is 19.4. The van der Waals surface area contributed by atoms with E-state index >= 15 is 0 Å². The minimum Gasteiger partial charge on any atom is -0.459 e. The van der Waals surface area contributed by atoms with Crippen LogP contribution in [0.4, 0.5) is 18.9 Å². The number of ether oxygens (including phenoxy) is 1. The van der Waals surface area contributed by atoms with E-state index in [2.05, 4.69) is 21.1 Å². The van der Waals surface area contributed by atoms with Gasteiger partial charge in [0.1, 0.15) is 23.6 Å². The summed E-state index contributed by atoms with van der Waals surface area (Å²) in [7, 11) is 0. The molecule has 2 aliphatic rings. The van der Waals surface area contributed by atoms with Crippen LogP contribution >= 0.6 is 0 Å². The molecule has 2 fully saturated rings. The summed E-state index contributed by atoms with van der Waals surface area (Å²) in [6, 6.07) is -0.591. The van der Waals surface area contributed by atoms with Gasteiger partial charge in [0.25, 0.3) is 11.5 Å². The summed E-state index contributed by atoms with van der Waals surface area (Å²) in [4.78, 5) is 64.5. The number of aryl methyl sites for hydroxylation is 1. The maximum atomic E-state index is 13.9. The molecule has 250 valence electrons. The van der Waals surface area contributed by atoms with Crippen molar-refractivity contribution in [1.82, 2.24) is 20.4 Å². The molecule has 3 N–H and O–H groups in total. The molecule has 1 saturated carbocycles. The van der Waals surface area contributed by atoms with E-state index < -0.39 is 58.8 Å². The summed E-state index contributed by atoms with van der Waals surface area (Å²) in [5, 5.41) is 11.1. The molecule has 0 spiro atoms. The second-order valence-electron chi connectivity index (χ2n) is 11.6. The molecule has 1 saturated heterocycles. The molecular weight excluding hydrogens is 611 g/mol. The second-order valence-corrected chi connectivity index (χ2v) is 11.6. The number of anilines is 1. The first-order valence-corrected chi connectivity index (χ1v) is 15.4. The smallest absolute Gasteiger partial charge is 0.417 e. The van der Waals surface area contributed by atoms with Gasteiger partial charge >= 0.3 is 12.1 Å². The van der Waals surface area contributed by atoms with Crippen LogP contribution in [0.2, 0.25) is 0 Å². The zero-order valence-electron chi connectivity index (χ0n) is 25.7. The van der Waals surface area contributed by atoms with Gasteiger partial charge in [-0.3, -0.25) is 19.2 Å². The molecule has 15 heteroatoms. The maximum Gasteiger partial charge on any atom is 0.417 e. The fraction of sp³-hybridized carbons (Fsp3) is 0.548. The van der Waals surface area contributed by atoms with Crippen molar-refractivity contribution in [2.24, 2.45) is 5.92 Å². The van der Waals surface area contributed by atoms with Crippen molar-refractivity contribution in [1.29, 1.82) is 0 Å². The Morgan fingerprint density at radius 2 is 1.87 bits per heavy atom. The average molecular weight is 650 g/mol. The van der Waals surface area contributed by atoms with Crippen molar-refractivity contribution in [3.05, 3.63) is 57.9 Å². The first kappa shape index (κ1) is 34.4.